The second-order valence-corrected chi connectivity index (χ2v) is 5.33. The number of carboxylic acids is 1. The minimum absolute atomic E-state index is 0.0785. The quantitative estimate of drug-likeness (QED) is 0.761. The summed E-state index contributed by atoms with van der Waals surface area (Å²) in [5.41, 5.74) is 3.09. The maximum absolute atomic E-state index is 11.1. The van der Waals surface area contributed by atoms with Crippen molar-refractivity contribution in [3.8, 4) is 22.4 Å². The van der Waals surface area contributed by atoms with E-state index in [-0.39, 0.29) is 5.69 Å². The summed E-state index contributed by atoms with van der Waals surface area (Å²) >= 11 is 3.44. The number of aromatic carboxylic acids is 1. The van der Waals surface area contributed by atoms with Gasteiger partial charge in [-0.15, -0.1) is 5.10 Å². The van der Waals surface area contributed by atoms with Gasteiger partial charge in [-0.3, -0.25) is 0 Å². The second kappa shape index (κ2) is 5.49. The summed E-state index contributed by atoms with van der Waals surface area (Å²) in [5.74, 6) is -1.10. The van der Waals surface area contributed by atoms with Gasteiger partial charge >= 0.3 is 5.97 Å². The first-order valence-electron chi connectivity index (χ1n) is 6.15. The normalized spacial score (nSPS) is 10.5. The highest BCUT2D eigenvalue weighted by atomic mass is 79.9. The largest absolute Gasteiger partial charge is 0.476 e. The summed E-state index contributed by atoms with van der Waals surface area (Å²) in [7, 11) is 0. The van der Waals surface area contributed by atoms with Crippen LogP contribution in [0.25, 0.3) is 22.4 Å². The number of halogens is 1. The van der Waals surface area contributed by atoms with Crippen LogP contribution in [0.4, 0.5) is 0 Å². The Morgan fingerprint density at radius 1 is 1.00 bits per heavy atom. The highest BCUT2D eigenvalue weighted by Gasteiger charge is 2.16. The van der Waals surface area contributed by atoms with E-state index in [4.69, 9.17) is 5.11 Å². The Hall–Kier alpha value is -2.47. The van der Waals surface area contributed by atoms with Crippen LogP contribution in [-0.4, -0.2) is 26.5 Å². The number of carboxylic acid groups (broad SMARTS) is 1. The lowest BCUT2D eigenvalue weighted by Crippen LogP contribution is -1.99. The molecule has 0 aliphatic rings. The number of carbonyl (C=O) groups is 1. The number of rotatable bonds is 3. The first-order chi connectivity index (χ1) is 10.1. The van der Waals surface area contributed by atoms with Crippen LogP contribution in [0.1, 0.15) is 10.5 Å². The molecule has 1 aromatic heterocycles. The van der Waals surface area contributed by atoms with Crippen LogP contribution < -0.4 is 0 Å². The number of aromatic amines is 1. The number of hydrogen-bond donors (Lipinski definition) is 2. The average molecular weight is 344 g/mol. The van der Waals surface area contributed by atoms with E-state index in [1.165, 1.54) is 0 Å². The van der Waals surface area contributed by atoms with Crippen LogP contribution >= 0.6 is 15.9 Å². The predicted octanol–water partition coefficient (Wildman–Crippen LogP) is 3.60. The zero-order valence-corrected chi connectivity index (χ0v) is 12.3. The molecule has 2 N–H and O–H groups in total. The van der Waals surface area contributed by atoms with Crippen molar-refractivity contribution >= 4 is 21.9 Å². The zero-order chi connectivity index (χ0) is 14.8. The summed E-state index contributed by atoms with van der Waals surface area (Å²) in [6.07, 6.45) is 0. The van der Waals surface area contributed by atoms with Crippen molar-refractivity contribution in [3.63, 3.8) is 0 Å². The smallest absolute Gasteiger partial charge is 0.358 e. The van der Waals surface area contributed by atoms with Crippen molar-refractivity contribution < 1.29 is 9.90 Å². The predicted molar refractivity (Wildman–Crippen MR) is 81.9 cm³/mol. The van der Waals surface area contributed by atoms with E-state index >= 15 is 0 Å². The molecule has 0 bridgehead atoms. The molecule has 0 saturated heterocycles. The molecule has 6 heteroatoms. The lowest BCUT2D eigenvalue weighted by molar-refractivity contribution is 0.0691. The molecule has 0 saturated carbocycles. The van der Waals surface area contributed by atoms with Gasteiger partial charge < -0.3 is 5.11 Å². The first kappa shape index (κ1) is 13.5. The third-order valence-electron chi connectivity index (χ3n) is 3.07. The van der Waals surface area contributed by atoms with E-state index in [0.29, 0.717) is 11.3 Å². The van der Waals surface area contributed by atoms with E-state index in [1.807, 2.05) is 48.5 Å². The van der Waals surface area contributed by atoms with Gasteiger partial charge in [0.2, 0.25) is 0 Å². The van der Waals surface area contributed by atoms with E-state index in [2.05, 4.69) is 31.3 Å². The minimum atomic E-state index is -1.10. The summed E-state index contributed by atoms with van der Waals surface area (Å²) < 4.78 is 1.01. The van der Waals surface area contributed by atoms with E-state index in [9.17, 15) is 4.79 Å². The van der Waals surface area contributed by atoms with Gasteiger partial charge in [-0.2, -0.15) is 10.3 Å². The molecule has 3 rings (SSSR count). The lowest BCUT2D eigenvalue weighted by atomic mass is 10.0. The second-order valence-electron chi connectivity index (χ2n) is 4.41. The molecule has 2 aromatic carbocycles. The summed E-state index contributed by atoms with van der Waals surface area (Å²) in [5, 5.41) is 18.9. The van der Waals surface area contributed by atoms with Crippen molar-refractivity contribution in [2.75, 3.05) is 0 Å². The van der Waals surface area contributed by atoms with Crippen LogP contribution in [-0.2, 0) is 0 Å². The monoisotopic (exact) mass is 343 g/mol. The Kier molecular flexibility index (Phi) is 3.53. The van der Waals surface area contributed by atoms with Crippen LogP contribution in [0.2, 0.25) is 0 Å². The molecule has 5 nitrogen and oxygen atoms in total. The maximum atomic E-state index is 11.1. The number of H-pyrrole nitrogens is 1. The van der Waals surface area contributed by atoms with Gasteiger partial charge in [-0.05, 0) is 23.3 Å². The Morgan fingerprint density at radius 3 is 2.38 bits per heavy atom. The molecule has 21 heavy (non-hydrogen) atoms. The number of hydrogen-bond acceptors (Lipinski definition) is 3. The molecule has 0 atom stereocenters. The molecule has 0 aliphatic carbocycles. The SMILES string of the molecule is O=C(O)c1n[nH]nc1-c1ccc(-c2cccc(Br)c2)cc1. The van der Waals surface area contributed by atoms with Gasteiger partial charge in [0.15, 0.2) is 5.69 Å². The molecule has 3 aromatic rings. The minimum Gasteiger partial charge on any atom is -0.476 e. The molecule has 0 spiro atoms. The number of benzene rings is 2. The molecular weight excluding hydrogens is 334 g/mol. The van der Waals surface area contributed by atoms with Gasteiger partial charge in [-0.25, -0.2) is 4.79 Å². The Labute approximate surface area is 128 Å². The van der Waals surface area contributed by atoms with E-state index < -0.39 is 5.97 Å². The van der Waals surface area contributed by atoms with Gasteiger partial charge in [0, 0.05) is 10.0 Å². The number of aromatic nitrogens is 3. The summed E-state index contributed by atoms with van der Waals surface area (Å²) in [6, 6.07) is 15.5. The van der Waals surface area contributed by atoms with Crippen LogP contribution in [0.15, 0.2) is 53.0 Å². The maximum Gasteiger partial charge on any atom is 0.358 e. The van der Waals surface area contributed by atoms with E-state index in [1.54, 1.807) is 0 Å². The highest BCUT2D eigenvalue weighted by molar-refractivity contribution is 9.10. The fourth-order valence-corrected chi connectivity index (χ4v) is 2.47. The molecule has 0 radical (unpaired) electrons. The van der Waals surface area contributed by atoms with Crippen molar-refractivity contribution in [2.24, 2.45) is 0 Å². The van der Waals surface area contributed by atoms with E-state index in [0.717, 1.165) is 15.6 Å². The Balaban J connectivity index is 1.98. The fourth-order valence-electron chi connectivity index (χ4n) is 2.07. The lowest BCUT2D eigenvalue weighted by Gasteiger charge is -2.04. The van der Waals surface area contributed by atoms with Crippen molar-refractivity contribution in [2.45, 2.75) is 0 Å². The van der Waals surface area contributed by atoms with Crippen LogP contribution in [0, 0.1) is 0 Å². The summed E-state index contributed by atoms with van der Waals surface area (Å²) in [4.78, 5) is 11.1. The average Bonchev–Trinajstić information content (AvgIpc) is 2.97. The fraction of sp³-hybridized carbons (Fsp3) is 0. The molecule has 0 fully saturated rings. The Bertz CT molecular complexity index is 797. The van der Waals surface area contributed by atoms with Gasteiger partial charge in [0.05, 0.1) is 0 Å². The molecule has 104 valence electrons. The van der Waals surface area contributed by atoms with Crippen molar-refractivity contribution in [1.82, 2.24) is 15.4 Å². The molecule has 0 amide bonds. The first-order valence-corrected chi connectivity index (χ1v) is 6.95. The molecule has 0 unspecified atom stereocenters. The molecule has 0 aliphatic heterocycles. The highest BCUT2D eigenvalue weighted by Crippen LogP contribution is 2.26. The van der Waals surface area contributed by atoms with Gasteiger partial charge in [0.1, 0.15) is 5.69 Å². The molecular formula is C15H10BrN3O2. The van der Waals surface area contributed by atoms with Crippen molar-refractivity contribution in [3.05, 3.63) is 58.7 Å². The number of nitrogens with zero attached hydrogens (tertiary/aromatic N) is 2. The van der Waals surface area contributed by atoms with Crippen LogP contribution in [0.5, 0.6) is 0 Å². The molecule has 1 heterocycles. The van der Waals surface area contributed by atoms with Crippen LogP contribution in [0.3, 0.4) is 0 Å². The topological polar surface area (TPSA) is 78.9 Å². The van der Waals surface area contributed by atoms with Gasteiger partial charge in [-0.1, -0.05) is 52.3 Å². The number of nitrogens with one attached hydrogen (secondary N) is 1. The van der Waals surface area contributed by atoms with Gasteiger partial charge in [0.25, 0.3) is 0 Å². The third-order valence-corrected chi connectivity index (χ3v) is 3.56. The Morgan fingerprint density at radius 2 is 1.71 bits per heavy atom. The van der Waals surface area contributed by atoms with Crippen molar-refractivity contribution in [1.29, 1.82) is 0 Å². The standard InChI is InChI=1S/C15H10BrN3O2/c16-12-3-1-2-11(8-12)9-4-6-10(7-5-9)13-14(15(20)21)18-19-17-13/h1-8H,(H,20,21)(H,17,18,19). The third kappa shape index (κ3) is 2.71. The summed E-state index contributed by atoms with van der Waals surface area (Å²) in [6.45, 7) is 0. The zero-order valence-electron chi connectivity index (χ0n) is 10.7.